The quantitative estimate of drug-likeness (QED) is 0.638. The lowest BCUT2D eigenvalue weighted by atomic mass is 10.5. The Hall–Kier alpha value is -2.17. The van der Waals surface area contributed by atoms with Crippen molar-refractivity contribution in [1.29, 1.82) is 0 Å². The largest absolute Gasteiger partial charge is 0.434 e. The van der Waals surface area contributed by atoms with Crippen LogP contribution in [0.25, 0.3) is 0 Å². The maximum absolute atomic E-state index is 12.5. The molecule has 7 nitrogen and oxygen atoms in total. The highest BCUT2D eigenvalue weighted by Gasteiger charge is 2.34. The molecule has 0 aromatic carbocycles. The average molecular weight is 321 g/mol. The molecule has 11 heteroatoms. The topological polar surface area (TPSA) is 77.1 Å². The second-order valence-electron chi connectivity index (χ2n) is 4.21. The molecule has 0 saturated carbocycles. The summed E-state index contributed by atoms with van der Waals surface area (Å²) in [5, 5.41) is 11.9. The number of nitrogens with zero attached hydrogens (tertiary/aromatic N) is 5. The smallest absolute Gasteiger partial charge is 0.358 e. The molecule has 0 aliphatic rings. The zero-order valence-corrected chi connectivity index (χ0v) is 11.8. The van der Waals surface area contributed by atoms with Gasteiger partial charge in [-0.05, 0) is 4.92 Å². The predicted octanol–water partition coefficient (Wildman–Crippen LogP) is 2.44. The number of rotatable bonds is 4. The lowest BCUT2D eigenvalue weighted by molar-refractivity contribution is -0.391. The molecular formula is C10H10F3N5O2S. The zero-order valence-electron chi connectivity index (χ0n) is 11.0. The molecule has 21 heavy (non-hydrogen) atoms. The monoisotopic (exact) mass is 321 g/mol. The minimum absolute atomic E-state index is 0.0722. The van der Waals surface area contributed by atoms with Crippen LogP contribution in [0.15, 0.2) is 11.6 Å². The summed E-state index contributed by atoms with van der Waals surface area (Å²) >= 11 is 0.875. The number of hydrogen-bond donors (Lipinski definition) is 0. The fourth-order valence-electron chi connectivity index (χ4n) is 1.70. The van der Waals surface area contributed by atoms with Crippen LogP contribution >= 0.6 is 11.3 Å². The van der Waals surface area contributed by atoms with Gasteiger partial charge in [0.25, 0.3) is 5.95 Å². The fourth-order valence-corrected chi connectivity index (χ4v) is 2.56. The Morgan fingerprint density at radius 1 is 1.52 bits per heavy atom. The molecule has 2 rings (SSSR count). The van der Waals surface area contributed by atoms with Gasteiger partial charge in [0.05, 0.1) is 13.6 Å². The van der Waals surface area contributed by atoms with Crippen LogP contribution < -0.4 is 4.90 Å². The van der Waals surface area contributed by atoms with Gasteiger partial charge in [-0.3, -0.25) is 0 Å². The van der Waals surface area contributed by atoms with E-state index < -0.39 is 16.8 Å². The minimum atomic E-state index is -4.48. The molecule has 0 radical (unpaired) electrons. The number of halogens is 3. The average Bonchev–Trinajstić information content (AvgIpc) is 2.94. The molecule has 0 spiro atoms. The first-order chi connectivity index (χ1) is 9.70. The highest BCUT2D eigenvalue weighted by molar-refractivity contribution is 7.09. The van der Waals surface area contributed by atoms with Gasteiger partial charge < -0.3 is 15.0 Å². The third kappa shape index (κ3) is 3.12. The van der Waals surface area contributed by atoms with Crippen molar-refractivity contribution in [3.63, 3.8) is 0 Å². The Morgan fingerprint density at radius 2 is 2.19 bits per heavy atom. The summed E-state index contributed by atoms with van der Waals surface area (Å²) in [5.74, 6) is 0.0671. The number of hydrogen-bond acceptors (Lipinski definition) is 6. The van der Waals surface area contributed by atoms with Gasteiger partial charge in [-0.15, -0.1) is 11.3 Å². The van der Waals surface area contributed by atoms with Crippen molar-refractivity contribution < 1.29 is 18.1 Å². The zero-order chi connectivity index (χ0) is 15.8. The van der Waals surface area contributed by atoms with Crippen LogP contribution in [0, 0.1) is 10.1 Å². The van der Waals surface area contributed by atoms with Crippen molar-refractivity contribution in [1.82, 2.24) is 14.5 Å². The molecule has 2 aromatic heterocycles. The van der Waals surface area contributed by atoms with E-state index in [9.17, 15) is 23.3 Å². The summed E-state index contributed by atoms with van der Waals surface area (Å²) in [6.45, 7) is 0.0722. The maximum Gasteiger partial charge on any atom is 0.434 e. The fraction of sp³-hybridized carbons (Fsp3) is 0.400. The SMILES string of the molecule is CN(Cc1nc(C(F)(F)F)cs1)c1ncc([N+](=O)[O-])n1C. The highest BCUT2D eigenvalue weighted by atomic mass is 32.1. The summed E-state index contributed by atoms with van der Waals surface area (Å²) in [5.41, 5.74) is -0.943. The molecule has 2 aromatic rings. The van der Waals surface area contributed by atoms with Crippen molar-refractivity contribution >= 4 is 23.1 Å². The summed E-state index contributed by atoms with van der Waals surface area (Å²) < 4.78 is 38.6. The van der Waals surface area contributed by atoms with Gasteiger partial charge in [-0.25, -0.2) is 4.98 Å². The molecule has 0 aliphatic carbocycles. The van der Waals surface area contributed by atoms with Crippen LogP contribution in [0.1, 0.15) is 10.7 Å². The number of alkyl halides is 3. The lowest BCUT2D eigenvalue weighted by Gasteiger charge is -2.13. The van der Waals surface area contributed by atoms with E-state index in [-0.39, 0.29) is 23.3 Å². The van der Waals surface area contributed by atoms with Crippen molar-refractivity contribution in [3.8, 4) is 0 Å². The van der Waals surface area contributed by atoms with Crippen LogP contribution in [0.3, 0.4) is 0 Å². The molecular weight excluding hydrogens is 311 g/mol. The Bertz CT molecular complexity index is 666. The van der Waals surface area contributed by atoms with Crippen molar-refractivity contribution in [3.05, 3.63) is 32.4 Å². The third-order valence-electron chi connectivity index (χ3n) is 2.68. The van der Waals surface area contributed by atoms with E-state index in [0.29, 0.717) is 0 Å². The van der Waals surface area contributed by atoms with E-state index in [4.69, 9.17) is 0 Å². The van der Waals surface area contributed by atoms with Crippen molar-refractivity contribution in [2.24, 2.45) is 7.05 Å². The van der Waals surface area contributed by atoms with Gasteiger partial charge in [0.1, 0.15) is 11.2 Å². The normalized spacial score (nSPS) is 11.7. The second-order valence-corrected chi connectivity index (χ2v) is 5.16. The van der Waals surface area contributed by atoms with Gasteiger partial charge in [0, 0.05) is 12.4 Å². The van der Waals surface area contributed by atoms with Crippen LogP contribution in [0.4, 0.5) is 24.9 Å². The van der Waals surface area contributed by atoms with Crippen LogP contribution in [-0.2, 0) is 19.8 Å². The van der Waals surface area contributed by atoms with Gasteiger partial charge in [-0.2, -0.15) is 22.7 Å². The molecule has 114 valence electrons. The molecule has 0 saturated heterocycles. The van der Waals surface area contributed by atoms with E-state index in [1.807, 2.05) is 0 Å². The molecule has 0 fully saturated rings. The first kappa shape index (κ1) is 15.2. The van der Waals surface area contributed by atoms with Crippen LogP contribution in [0.2, 0.25) is 0 Å². The van der Waals surface area contributed by atoms with Crippen LogP contribution in [-0.4, -0.2) is 26.5 Å². The van der Waals surface area contributed by atoms with E-state index in [1.54, 1.807) is 7.05 Å². The third-order valence-corrected chi connectivity index (χ3v) is 3.52. The van der Waals surface area contributed by atoms with Gasteiger partial charge in [-0.1, -0.05) is 0 Å². The Labute approximate surface area is 120 Å². The van der Waals surface area contributed by atoms with E-state index >= 15 is 0 Å². The summed E-state index contributed by atoms with van der Waals surface area (Å²) in [4.78, 5) is 19.0. The first-order valence-electron chi connectivity index (χ1n) is 5.59. The standard InChI is InChI=1S/C10H10F3N5O2S/c1-16(9-14-3-8(17(9)2)18(19)20)4-7-15-6(5-21-7)10(11,12)13/h3,5H,4H2,1-2H3. The molecule has 0 atom stereocenters. The highest BCUT2D eigenvalue weighted by Crippen LogP contribution is 2.30. The maximum atomic E-state index is 12.5. The lowest BCUT2D eigenvalue weighted by Crippen LogP contribution is -2.20. The predicted molar refractivity (Wildman–Crippen MR) is 69.1 cm³/mol. The van der Waals surface area contributed by atoms with E-state index in [0.717, 1.165) is 22.9 Å². The summed E-state index contributed by atoms with van der Waals surface area (Å²) in [6, 6.07) is 0. The Balaban J connectivity index is 2.17. The number of aromatic nitrogens is 3. The molecule has 0 amide bonds. The minimum Gasteiger partial charge on any atom is -0.358 e. The van der Waals surface area contributed by atoms with Gasteiger partial charge >= 0.3 is 12.0 Å². The van der Waals surface area contributed by atoms with Gasteiger partial charge in [0.15, 0.2) is 5.69 Å². The summed E-state index contributed by atoms with van der Waals surface area (Å²) in [7, 11) is 3.03. The molecule has 2 heterocycles. The second kappa shape index (κ2) is 5.31. The number of nitro groups is 1. The number of imidazole rings is 1. The number of anilines is 1. The van der Waals surface area contributed by atoms with E-state index in [1.165, 1.54) is 16.5 Å². The molecule has 0 aliphatic heterocycles. The Kier molecular flexibility index (Phi) is 3.85. The Morgan fingerprint density at radius 3 is 2.67 bits per heavy atom. The van der Waals surface area contributed by atoms with Crippen LogP contribution in [0.5, 0.6) is 0 Å². The van der Waals surface area contributed by atoms with Crippen molar-refractivity contribution in [2.45, 2.75) is 12.7 Å². The van der Waals surface area contributed by atoms with Crippen molar-refractivity contribution in [2.75, 3.05) is 11.9 Å². The molecule has 0 N–H and O–H groups in total. The summed E-state index contributed by atoms with van der Waals surface area (Å²) in [6.07, 6.45) is -3.38. The first-order valence-corrected chi connectivity index (χ1v) is 6.47. The molecule has 0 unspecified atom stereocenters. The van der Waals surface area contributed by atoms with E-state index in [2.05, 4.69) is 9.97 Å². The van der Waals surface area contributed by atoms with Gasteiger partial charge in [0.2, 0.25) is 0 Å². The molecule has 0 bridgehead atoms. The number of thiazole rings is 1.